The van der Waals surface area contributed by atoms with E-state index in [1.165, 1.54) is 29.5 Å². The van der Waals surface area contributed by atoms with Crippen LogP contribution < -0.4 is 0 Å². The van der Waals surface area contributed by atoms with Crippen LogP contribution in [0.25, 0.3) is 17.1 Å². The zero-order chi connectivity index (χ0) is 22.7. The summed E-state index contributed by atoms with van der Waals surface area (Å²) >= 11 is 1.44. The van der Waals surface area contributed by atoms with E-state index >= 15 is 0 Å². The quantitative estimate of drug-likeness (QED) is 0.351. The zero-order valence-corrected chi connectivity index (χ0v) is 19.3. The number of rotatable bonds is 8. The first-order chi connectivity index (χ1) is 15.5. The van der Waals surface area contributed by atoms with E-state index in [9.17, 15) is 4.39 Å². The van der Waals surface area contributed by atoms with E-state index in [1.807, 2.05) is 42.6 Å². The van der Waals surface area contributed by atoms with Crippen molar-refractivity contribution in [1.29, 1.82) is 0 Å². The van der Waals surface area contributed by atoms with E-state index in [2.05, 4.69) is 39.4 Å². The molecule has 0 bridgehead atoms. The van der Waals surface area contributed by atoms with Crippen molar-refractivity contribution in [3.05, 3.63) is 71.6 Å². The summed E-state index contributed by atoms with van der Waals surface area (Å²) in [6.07, 6.45) is 0.984. The van der Waals surface area contributed by atoms with Gasteiger partial charge < -0.3 is 4.52 Å². The highest BCUT2D eigenvalue weighted by Gasteiger charge is 2.21. The third-order valence-electron chi connectivity index (χ3n) is 5.30. The van der Waals surface area contributed by atoms with Crippen LogP contribution in [0.1, 0.15) is 37.2 Å². The van der Waals surface area contributed by atoms with E-state index in [4.69, 9.17) is 4.52 Å². The number of aryl methyl sites for hydroxylation is 1. The van der Waals surface area contributed by atoms with Crippen LogP contribution in [0.2, 0.25) is 0 Å². The Morgan fingerprint density at radius 2 is 1.78 bits per heavy atom. The van der Waals surface area contributed by atoms with Gasteiger partial charge in [0, 0.05) is 11.3 Å². The average molecular weight is 453 g/mol. The van der Waals surface area contributed by atoms with Gasteiger partial charge in [0.15, 0.2) is 11.0 Å². The average Bonchev–Trinajstić information content (AvgIpc) is 3.45. The van der Waals surface area contributed by atoms with Crippen LogP contribution in [-0.2, 0) is 12.2 Å². The second kappa shape index (κ2) is 9.62. The maximum absolute atomic E-state index is 13.5. The molecule has 0 radical (unpaired) electrons. The minimum Gasteiger partial charge on any atom is -0.338 e. The lowest BCUT2D eigenvalue weighted by molar-refractivity contribution is 0.305. The van der Waals surface area contributed by atoms with Crippen LogP contribution >= 0.6 is 11.8 Å². The van der Waals surface area contributed by atoms with Gasteiger partial charge in [0.05, 0.1) is 11.8 Å². The number of benzene rings is 2. The molecule has 0 unspecified atom stereocenters. The molecule has 0 amide bonds. The molecule has 1 atom stereocenters. The highest BCUT2D eigenvalue weighted by atomic mass is 32.2. The van der Waals surface area contributed by atoms with E-state index in [1.54, 1.807) is 12.1 Å². The van der Waals surface area contributed by atoms with E-state index in [0.717, 1.165) is 23.5 Å². The number of thioether (sulfide) groups is 1. The first-order valence-corrected chi connectivity index (χ1v) is 11.4. The summed E-state index contributed by atoms with van der Waals surface area (Å²) in [5, 5.41) is 13.6. The molecular formula is C23H25FN6OS. The number of halogens is 1. The second-order valence-corrected chi connectivity index (χ2v) is 8.59. The van der Waals surface area contributed by atoms with E-state index < -0.39 is 0 Å². The molecule has 0 aliphatic heterocycles. The molecule has 2 aromatic carbocycles. The van der Waals surface area contributed by atoms with Gasteiger partial charge in [0.2, 0.25) is 11.7 Å². The Kier molecular flexibility index (Phi) is 6.66. The molecular weight excluding hydrogens is 427 g/mol. The summed E-state index contributed by atoms with van der Waals surface area (Å²) in [7, 11) is 3.96. The SMILES string of the molecule is CCc1ccc(-c2noc(CSc3nnc([C@H](C)N(C)C)n3-c3ccc(F)cc3)n2)cc1. The number of aromatic nitrogens is 5. The molecule has 4 rings (SSSR count). The van der Waals surface area contributed by atoms with Crippen molar-refractivity contribution in [3.8, 4) is 17.1 Å². The summed E-state index contributed by atoms with van der Waals surface area (Å²) in [6, 6.07) is 14.5. The van der Waals surface area contributed by atoms with Crippen LogP contribution in [0, 0.1) is 5.82 Å². The molecule has 0 saturated carbocycles. The molecule has 166 valence electrons. The van der Waals surface area contributed by atoms with Gasteiger partial charge in [0.25, 0.3) is 0 Å². The molecule has 0 aliphatic rings. The Labute approximate surface area is 190 Å². The van der Waals surface area contributed by atoms with Crippen molar-refractivity contribution < 1.29 is 8.91 Å². The molecule has 0 saturated heterocycles. The standard InChI is InChI=1S/C23H25FN6OS/c1-5-16-6-8-17(9-7-16)21-25-20(31-28-21)14-32-23-27-26-22(15(2)29(3)4)30(23)19-12-10-18(24)11-13-19/h6-13,15H,5,14H2,1-4H3/t15-/m0/s1. The highest BCUT2D eigenvalue weighted by molar-refractivity contribution is 7.98. The predicted octanol–water partition coefficient (Wildman–Crippen LogP) is 4.93. The molecule has 2 aromatic heterocycles. The lowest BCUT2D eigenvalue weighted by atomic mass is 10.1. The van der Waals surface area contributed by atoms with Gasteiger partial charge in [-0.25, -0.2) is 4.39 Å². The molecule has 4 aromatic rings. The summed E-state index contributed by atoms with van der Waals surface area (Å²) in [5.41, 5.74) is 2.97. The fourth-order valence-electron chi connectivity index (χ4n) is 3.16. The third kappa shape index (κ3) is 4.73. The summed E-state index contributed by atoms with van der Waals surface area (Å²) in [6.45, 7) is 4.17. The first-order valence-electron chi connectivity index (χ1n) is 10.4. The van der Waals surface area contributed by atoms with Crippen molar-refractivity contribution in [2.75, 3.05) is 14.1 Å². The first kappa shape index (κ1) is 22.2. The van der Waals surface area contributed by atoms with Gasteiger partial charge in [0.1, 0.15) is 5.82 Å². The van der Waals surface area contributed by atoms with E-state index in [0.29, 0.717) is 22.6 Å². The highest BCUT2D eigenvalue weighted by Crippen LogP contribution is 2.29. The Morgan fingerprint density at radius 1 is 1.06 bits per heavy atom. The van der Waals surface area contributed by atoms with Crippen LogP contribution in [0.3, 0.4) is 0 Å². The van der Waals surface area contributed by atoms with E-state index in [-0.39, 0.29) is 11.9 Å². The zero-order valence-electron chi connectivity index (χ0n) is 18.5. The van der Waals surface area contributed by atoms with Gasteiger partial charge in [-0.3, -0.25) is 9.47 Å². The van der Waals surface area contributed by atoms with Crippen LogP contribution in [0.5, 0.6) is 0 Å². The monoisotopic (exact) mass is 452 g/mol. The maximum atomic E-state index is 13.5. The predicted molar refractivity (Wildman–Crippen MR) is 122 cm³/mol. The van der Waals surface area contributed by atoms with Crippen LogP contribution in [-0.4, -0.2) is 43.9 Å². The van der Waals surface area contributed by atoms with Crippen LogP contribution in [0.4, 0.5) is 4.39 Å². The molecule has 0 fully saturated rings. The van der Waals surface area contributed by atoms with Gasteiger partial charge >= 0.3 is 0 Å². The maximum Gasteiger partial charge on any atom is 0.237 e. The minimum absolute atomic E-state index is 0.0167. The summed E-state index contributed by atoms with van der Waals surface area (Å²) < 4.78 is 20.9. The Morgan fingerprint density at radius 3 is 2.44 bits per heavy atom. The number of hydrogen-bond acceptors (Lipinski definition) is 7. The number of nitrogens with zero attached hydrogens (tertiary/aromatic N) is 6. The molecule has 0 N–H and O–H groups in total. The lowest BCUT2D eigenvalue weighted by Crippen LogP contribution is -2.20. The fraction of sp³-hybridized carbons (Fsp3) is 0.304. The second-order valence-electron chi connectivity index (χ2n) is 7.64. The van der Waals surface area contributed by atoms with Crippen LogP contribution in [0.15, 0.2) is 58.2 Å². The van der Waals surface area contributed by atoms with Crippen molar-refractivity contribution in [1.82, 2.24) is 29.8 Å². The largest absolute Gasteiger partial charge is 0.338 e. The Bertz CT molecular complexity index is 1170. The molecule has 2 heterocycles. The Balaban J connectivity index is 1.57. The van der Waals surface area contributed by atoms with Crippen molar-refractivity contribution in [3.63, 3.8) is 0 Å². The number of hydrogen-bond donors (Lipinski definition) is 0. The molecule has 0 aliphatic carbocycles. The molecule has 0 spiro atoms. The Hall–Kier alpha value is -3.04. The van der Waals surface area contributed by atoms with Gasteiger partial charge in [-0.15, -0.1) is 10.2 Å². The molecule has 32 heavy (non-hydrogen) atoms. The molecule has 7 nitrogen and oxygen atoms in total. The molecule has 9 heteroatoms. The normalized spacial score (nSPS) is 12.4. The van der Waals surface area contributed by atoms with Gasteiger partial charge in [-0.05, 0) is 57.3 Å². The van der Waals surface area contributed by atoms with Gasteiger partial charge in [-0.2, -0.15) is 4.98 Å². The van der Waals surface area contributed by atoms with Crippen molar-refractivity contribution in [2.24, 2.45) is 0 Å². The van der Waals surface area contributed by atoms with Crippen molar-refractivity contribution >= 4 is 11.8 Å². The lowest BCUT2D eigenvalue weighted by Gasteiger charge is -2.20. The van der Waals surface area contributed by atoms with Gasteiger partial charge in [-0.1, -0.05) is 48.1 Å². The topological polar surface area (TPSA) is 72.9 Å². The fourth-order valence-corrected chi connectivity index (χ4v) is 3.95. The minimum atomic E-state index is -0.288. The smallest absolute Gasteiger partial charge is 0.237 e. The van der Waals surface area contributed by atoms with Crippen molar-refractivity contribution in [2.45, 2.75) is 37.2 Å². The summed E-state index contributed by atoms with van der Waals surface area (Å²) in [5.74, 6) is 1.98. The summed E-state index contributed by atoms with van der Waals surface area (Å²) in [4.78, 5) is 6.57. The third-order valence-corrected chi connectivity index (χ3v) is 6.22.